The van der Waals surface area contributed by atoms with E-state index in [0.29, 0.717) is 36.1 Å². The van der Waals surface area contributed by atoms with Crippen LogP contribution in [0.2, 0.25) is 0 Å². The number of hydrogen-bond acceptors (Lipinski definition) is 4. The summed E-state index contributed by atoms with van der Waals surface area (Å²) in [6.45, 7) is 4.86. The summed E-state index contributed by atoms with van der Waals surface area (Å²) in [6, 6.07) is 19.0. The lowest BCUT2D eigenvalue weighted by atomic mass is 9.94. The van der Waals surface area contributed by atoms with Gasteiger partial charge >= 0.3 is 0 Å². The standard InChI is InChI=1S/C24H27N5O2/c1-17(19-9-6-10-20(15-19)23(30)18-7-4-3-5-8-18)21-16-22(28(2)27-21)26-24(25)29-11-13-31-14-12-29/h3-10,15-17H,11-14H2,1-2H3,(H2,25,26). The van der Waals surface area contributed by atoms with Crippen LogP contribution in [0, 0.1) is 0 Å². The summed E-state index contributed by atoms with van der Waals surface area (Å²) in [6.07, 6.45) is 0. The van der Waals surface area contributed by atoms with Crippen molar-refractivity contribution in [2.24, 2.45) is 17.8 Å². The number of aryl methyl sites for hydroxylation is 1. The van der Waals surface area contributed by atoms with Crippen molar-refractivity contribution in [2.75, 3.05) is 26.3 Å². The molecule has 1 fully saturated rings. The molecule has 1 saturated heterocycles. The Bertz CT molecular complexity index is 1080. The zero-order valence-electron chi connectivity index (χ0n) is 17.9. The van der Waals surface area contributed by atoms with Crippen molar-refractivity contribution in [1.82, 2.24) is 14.7 Å². The molecule has 0 saturated carbocycles. The number of nitrogens with two attached hydrogens (primary N) is 1. The van der Waals surface area contributed by atoms with Crippen LogP contribution in [0.1, 0.15) is 40.0 Å². The van der Waals surface area contributed by atoms with Crippen molar-refractivity contribution < 1.29 is 9.53 Å². The molecule has 1 aromatic heterocycles. The number of morpholine rings is 1. The van der Waals surface area contributed by atoms with E-state index in [1.54, 1.807) is 4.68 Å². The van der Waals surface area contributed by atoms with Crippen molar-refractivity contribution in [3.8, 4) is 0 Å². The number of nitrogens with zero attached hydrogens (tertiary/aromatic N) is 4. The Kier molecular flexibility index (Phi) is 6.13. The van der Waals surface area contributed by atoms with Crippen LogP contribution in [-0.2, 0) is 11.8 Å². The monoisotopic (exact) mass is 417 g/mol. The summed E-state index contributed by atoms with van der Waals surface area (Å²) in [5.41, 5.74) is 9.44. The van der Waals surface area contributed by atoms with Gasteiger partial charge in [0.2, 0.25) is 0 Å². The maximum absolute atomic E-state index is 12.8. The van der Waals surface area contributed by atoms with Gasteiger partial charge in [0.15, 0.2) is 17.6 Å². The first-order valence-electron chi connectivity index (χ1n) is 10.4. The molecule has 2 aromatic carbocycles. The van der Waals surface area contributed by atoms with Gasteiger partial charge in [0, 0.05) is 43.2 Å². The smallest absolute Gasteiger partial charge is 0.198 e. The van der Waals surface area contributed by atoms with Crippen molar-refractivity contribution in [2.45, 2.75) is 12.8 Å². The van der Waals surface area contributed by atoms with Crippen LogP contribution in [-0.4, -0.2) is 52.7 Å². The second-order valence-electron chi connectivity index (χ2n) is 7.66. The number of ether oxygens (including phenoxy) is 1. The lowest BCUT2D eigenvalue weighted by Gasteiger charge is -2.27. The molecule has 1 unspecified atom stereocenters. The Morgan fingerprint density at radius 3 is 2.52 bits per heavy atom. The number of ketones is 1. The fourth-order valence-electron chi connectivity index (χ4n) is 3.65. The third kappa shape index (κ3) is 4.67. The van der Waals surface area contributed by atoms with Crippen molar-refractivity contribution in [3.63, 3.8) is 0 Å². The Morgan fingerprint density at radius 2 is 1.77 bits per heavy atom. The van der Waals surface area contributed by atoms with E-state index >= 15 is 0 Å². The lowest BCUT2D eigenvalue weighted by Crippen LogP contribution is -2.44. The first kappa shape index (κ1) is 20.8. The van der Waals surface area contributed by atoms with Gasteiger partial charge in [-0.3, -0.25) is 9.48 Å². The first-order chi connectivity index (χ1) is 15.0. The zero-order chi connectivity index (χ0) is 21.8. The largest absolute Gasteiger partial charge is 0.378 e. The van der Waals surface area contributed by atoms with Gasteiger partial charge in [0.25, 0.3) is 0 Å². The Morgan fingerprint density at radius 1 is 1.06 bits per heavy atom. The average Bonchev–Trinajstić information content (AvgIpc) is 3.19. The van der Waals surface area contributed by atoms with E-state index in [2.05, 4.69) is 17.0 Å². The number of aliphatic imine (C=N–C) groups is 1. The maximum Gasteiger partial charge on any atom is 0.198 e. The van der Waals surface area contributed by atoms with Gasteiger partial charge in [0.05, 0.1) is 18.9 Å². The number of hydrogen-bond donors (Lipinski definition) is 1. The molecule has 4 rings (SSSR count). The highest BCUT2D eigenvalue weighted by atomic mass is 16.5. The van der Waals surface area contributed by atoms with E-state index in [4.69, 9.17) is 10.5 Å². The van der Waals surface area contributed by atoms with Gasteiger partial charge in [-0.05, 0) is 11.6 Å². The van der Waals surface area contributed by atoms with Crippen LogP contribution in [0.3, 0.4) is 0 Å². The Balaban J connectivity index is 1.56. The summed E-state index contributed by atoms with van der Waals surface area (Å²) >= 11 is 0. The van der Waals surface area contributed by atoms with Crippen LogP contribution < -0.4 is 5.73 Å². The van der Waals surface area contributed by atoms with Crippen LogP contribution in [0.4, 0.5) is 5.82 Å². The molecule has 2 heterocycles. The van der Waals surface area contributed by atoms with E-state index in [-0.39, 0.29) is 11.7 Å². The average molecular weight is 418 g/mol. The minimum atomic E-state index is 0.00304. The van der Waals surface area contributed by atoms with Crippen molar-refractivity contribution in [3.05, 3.63) is 83.0 Å². The van der Waals surface area contributed by atoms with E-state index < -0.39 is 0 Å². The third-order valence-corrected chi connectivity index (χ3v) is 5.57. The fraction of sp³-hybridized carbons (Fsp3) is 0.292. The van der Waals surface area contributed by atoms with Gasteiger partial charge in [-0.1, -0.05) is 55.5 Å². The molecule has 0 amide bonds. The van der Waals surface area contributed by atoms with Crippen LogP contribution in [0.25, 0.3) is 0 Å². The predicted octanol–water partition coefficient (Wildman–Crippen LogP) is 3.08. The first-order valence-corrected chi connectivity index (χ1v) is 10.4. The quantitative estimate of drug-likeness (QED) is 0.392. The molecule has 0 spiro atoms. The topological polar surface area (TPSA) is 85.7 Å². The predicted molar refractivity (Wildman–Crippen MR) is 121 cm³/mol. The molecule has 2 N–H and O–H groups in total. The number of aromatic nitrogens is 2. The zero-order valence-corrected chi connectivity index (χ0v) is 17.9. The van der Waals surface area contributed by atoms with Crippen LogP contribution in [0.5, 0.6) is 0 Å². The van der Waals surface area contributed by atoms with Gasteiger partial charge in [0.1, 0.15) is 0 Å². The molecule has 3 aromatic rings. The minimum absolute atomic E-state index is 0.00304. The van der Waals surface area contributed by atoms with Gasteiger partial charge in [-0.2, -0.15) is 10.1 Å². The molecule has 160 valence electrons. The van der Waals surface area contributed by atoms with E-state index in [1.165, 1.54) is 0 Å². The van der Waals surface area contributed by atoms with Gasteiger partial charge in [-0.25, -0.2) is 0 Å². The second-order valence-corrected chi connectivity index (χ2v) is 7.66. The molecule has 0 bridgehead atoms. The molecule has 7 heteroatoms. The highest BCUT2D eigenvalue weighted by Gasteiger charge is 2.18. The van der Waals surface area contributed by atoms with E-state index in [1.807, 2.05) is 72.6 Å². The lowest BCUT2D eigenvalue weighted by molar-refractivity contribution is 0.0675. The number of benzene rings is 2. The summed E-state index contributed by atoms with van der Waals surface area (Å²) in [7, 11) is 1.86. The fourth-order valence-corrected chi connectivity index (χ4v) is 3.65. The molecule has 31 heavy (non-hydrogen) atoms. The van der Waals surface area contributed by atoms with Crippen molar-refractivity contribution in [1.29, 1.82) is 0 Å². The molecule has 0 aliphatic carbocycles. The highest BCUT2D eigenvalue weighted by Crippen LogP contribution is 2.27. The van der Waals surface area contributed by atoms with E-state index in [0.717, 1.165) is 24.3 Å². The molecule has 0 radical (unpaired) electrons. The van der Waals surface area contributed by atoms with Crippen molar-refractivity contribution >= 4 is 17.6 Å². The summed E-state index contributed by atoms with van der Waals surface area (Å²) < 4.78 is 7.10. The Hall–Kier alpha value is -3.45. The number of carbonyl (C=O) groups excluding carboxylic acids is 1. The highest BCUT2D eigenvalue weighted by molar-refractivity contribution is 6.09. The second kappa shape index (κ2) is 9.14. The number of carbonyl (C=O) groups is 1. The summed E-state index contributed by atoms with van der Waals surface area (Å²) in [5, 5.41) is 4.64. The van der Waals surface area contributed by atoms with Crippen LogP contribution in [0.15, 0.2) is 65.7 Å². The van der Waals surface area contributed by atoms with E-state index in [9.17, 15) is 4.79 Å². The summed E-state index contributed by atoms with van der Waals surface area (Å²) in [5.74, 6) is 1.19. The molecule has 1 atom stereocenters. The Labute approximate surface area is 182 Å². The third-order valence-electron chi connectivity index (χ3n) is 5.57. The maximum atomic E-state index is 12.8. The molecule has 1 aliphatic heterocycles. The SMILES string of the molecule is CC(c1cccc(C(=O)c2ccccc2)c1)c1cc(N=C(N)N2CCOCC2)n(C)n1. The minimum Gasteiger partial charge on any atom is -0.378 e. The number of rotatable bonds is 5. The normalized spacial score (nSPS) is 15.7. The number of guanidine groups is 1. The molecule has 1 aliphatic rings. The molecular formula is C24H27N5O2. The summed E-state index contributed by atoms with van der Waals surface area (Å²) in [4.78, 5) is 19.4. The van der Waals surface area contributed by atoms with Gasteiger partial charge in [-0.15, -0.1) is 0 Å². The molecule has 7 nitrogen and oxygen atoms in total. The molecular weight excluding hydrogens is 390 g/mol. The van der Waals surface area contributed by atoms with Gasteiger partial charge < -0.3 is 15.4 Å². The van der Waals surface area contributed by atoms with Crippen LogP contribution >= 0.6 is 0 Å².